The van der Waals surface area contributed by atoms with Gasteiger partial charge in [0.05, 0.1) is 23.5 Å². The lowest BCUT2D eigenvalue weighted by molar-refractivity contribution is 0.0663. The van der Waals surface area contributed by atoms with Gasteiger partial charge in [-0.25, -0.2) is 0 Å². The lowest BCUT2D eigenvalue weighted by Crippen LogP contribution is -2.16. The summed E-state index contributed by atoms with van der Waals surface area (Å²) in [4.78, 5) is 17.5. The number of rotatable bonds is 11. The van der Waals surface area contributed by atoms with Crippen LogP contribution in [0.3, 0.4) is 0 Å². The SMILES string of the molecule is CCCOC(C)Cc1ccc(C(=O)Nc2cccc(Oc3ccc(OC(C)C)cc3)c2)c(C)n1. The molecule has 1 heterocycles. The molecule has 0 bridgehead atoms. The molecule has 0 aliphatic rings. The van der Waals surface area contributed by atoms with Gasteiger partial charge >= 0.3 is 0 Å². The number of benzene rings is 2. The molecule has 1 N–H and O–H groups in total. The van der Waals surface area contributed by atoms with Gasteiger partial charge in [-0.1, -0.05) is 13.0 Å². The Balaban J connectivity index is 1.62. The molecule has 0 saturated carbocycles. The highest BCUT2D eigenvalue weighted by Gasteiger charge is 2.13. The van der Waals surface area contributed by atoms with Crippen molar-refractivity contribution in [3.05, 3.63) is 77.6 Å². The van der Waals surface area contributed by atoms with Crippen LogP contribution in [0, 0.1) is 6.92 Å². The zero-order valence-electron chi connectivity index (χ0n) is 20.6. The van der Waals surface area contributed by atoms with Gasteiger partial charge in [0.2, 0.25) is 0 Å². The number of aryl methyl sites for hydroxylation is 1. The van der Waals surface area contributed by atoms with Crippen LogP contribution in [0.15, 0.2) is 60.7 Å². The summed E-state index contributed by atoms with van der Waals surface area (Å²) < 4.78 is 17.3. The Morgan fingerprint density at radius 2 is 1.71 bits per heavy atom. The Hall–Kier alpha value is -3.38. The topological polar surface area (TPSA) is 69.7 Å². The van der Waals surface area contributed by atoms with E-state index in [9.17, 15) is 4.79 Å². The highest BCUT2D eigenvalue weighted by Crippen LogP contribution is 2.26. The molecule has 34 heavy (non-hydrogen) atoms. The number of hydrogen-bond acceptors (Lipinski definition) is 5. The molecule has 0 fully saturated rings. The van der Waals surface area contributed by atoms with Crippen LogP contribution in [0.2, 0.25) is 0 Å². The Kier molecular flexibility index (Phi) is 9.05. The molecule has 3 aromatic rings. The van der Waals surface area contributed by atoms with Crippen molar-refractivity contribution < 1.29 is 19.0 Å². The van der Waals surface area contributed by atoms with Gasteiger partial charge in [0.25, 0.3) is 5.91 Å². The first-order chi connectivity index (χ1) is 16.3. The fourth-order valence-electron chi connectivity index (χ4n) is 3.47. The molecule has 0 radical (unpaired) electrons. The highest BCUT2D eigenvalue weighted by molar-refractivity contribution is 6.05. The molecule has 0 aliphatic carbocycles. The normalized spacial score (nSPS) is 11.8. The van der Waals surface area contributed by atoms with Gasteiger partial charge in [-0.3, -0.25) is 9.78 Å². The Bertz CT molecular complexity index is 1080. The minimum atomic E-state index is -0.209. The van der Waals surface area contributed by atoms with Crippen LogP contribution in [-0.2, 0) is 11.2 Å². The van der Waals surface area contributed by atoms with Crippen LogP contribution in [0.5, 0.6) is 17.2 Å². The molecular weight excluding hydrogens is 428 g/mol. The Morgan fingerprint density at radius 3 is 2.38 bits per heavy atom. The summed E-state index contributed by atoms with van der Waals surface area (Å²) in [5, 5.41) is 2.94. The lowest BCUT2D eigenvalue weighted by atomic mass is 10.1. The highest BCUT2D eigenvalue weighted by atomic mass is 16.5. The standard InChI is InChI=1S/C28H34N2O4/c1-6-16-32-20(4)17-23-10-15-27(21(5)29-23)28(31)30-22-8-7-9-26(18-22)34-25-13-11-24(12-14-25)33-19(2)3/h7-15,18-20H,6,16-17H2,1-5H3,(H,30,31). The van der Waals surface area contributed by atoms with E-state index in [1.165, 1.54) is 0 Å². The zero-order valence-corrected chi connectivity index (χ0v) is 20.6. The molecule has 0 aliphatic heterocycles. The molecule has 3 rings (SSSR count). The summed E-state index contributed by atoms with van der Waals surface area (Å²) in [5.41, 5.74) is 2.79. The number of carbonyl (C=O) groups excluding carboxylic acids is 1. The van der Waals surface area contributed by atoms with Gasteiger partial charge < -0.3 is 19.5 Å². The average molecular weight is 463 g/mol. The second kappa shape index (κ2) is 12.2. The maximum absolute atomic E-state index is 12.9. The third-order valence-corrected chi connectivity index (χ3v) is 5.01. The van der Waals surface area contributed by atoms with E-state index in [2.05, 4.69) is 17.2 Å². The third kappa shape index (κ3) is 7.59. The lowest BCUT2D eigenvalue weighted by Gasteiger charge is -2.14. The van der Waals surface area contributed by atoms with Gasteiger partial charge in [-0.15, -0.1) is 0 Å². The number of ether oxygens (including phenoxy) is 3. The minimum Gasteiger partial charge on any atom is -0.491 e. The molecule has 1 amide bonds. The number of nitrogens with zero attached hydrogens (tertiary/aromatic N) is 1. The summed E-state index contributed by atoms with van der Waals surface area (Å²) in [6, 6.07) is 18.5. The van der Waals surface area contributed by atoms with Crippen molar-refractivity contribution in [1.29, 1.82) is 0 Å². The van der Waals surface area contributed by atoms with E-state index >= 15 is 0 Å². The maximum Gasteiger partial charge on any atom is 0.257 e. The van der Waals surface area contributed by atoms with Crippen molar-refractivity contribution >= 4 is 11.6 Å². The van der Waals surface area contributed by atoms with Crippen molar-refractivity contribution in [2.75, 3.05) is 11.9 Å². The molecule has 180 valence electrons. The average Bonchev–Trinajstić information content (AvgIpc) is 2.79. The minimum absolute atomic E-state index is 0.0909. The van der Waals surface area contributed by atoms with Crippen molar-refractivity contribution in [2.45, 2.75) is 59.7 Å². The third-order valence-electron chi connectivity index (χ3n) is 5.01. The summed E-state index contributed by atoms with van der Waals surface area (Å²) >= 11 is 0. The Labute approximate surface area is 202 Å². The van der Waals surface area contributed by atoms with Crippen molar-refractivity contribution in [1.82, 2.24) is 4.98 Å². The molecule has 0 spiro atoms. The molecule has 1 aromatic heterocycles. The van der Waals surface area contributed by atoms with Gasteiger partial charge in [0.1, 0.15) is 17.2 Å². The van der Waals surface area contributed by atoms with E-state index in [0.29, 0.717) is 34.9 Å². The van der Waals surface area contributed by atoms with E-state index in [1.54, 1.807) is 6.07 Å². The van der Waals surface area contributed by atoms with Gasteiger partial charge in [-0.2, -0.15) is 0 Å². The van der Waals surface area contributed by atoms with E-state index < -0.39 is 0 Å². The molecule has 6 heteroatoms. The summed E-state index contributed by atoms with van der Waals surface area (Å²) in [5.74, 6) is 1.90. The number of aromatic nitrogens is 1. The Morgan fingerprint density at radius 1 is 0.971 bits per heavy atom. The first-order valence-corrected chi connectivity index (χ1v) is 11.8. The molecular formula is C28H34N2O4. The zero-order chi connectivity index (χ0) is 24.5. The fourth-order valence-corrected chi connectivity index (χ4v) is 3.47. The number of hydrogen-bond donors (Lipinski definition) is 1. The smallest absolute Gasteiger partial charge is 0.257 e. The quantitative estimate of drug-likeness (QED) is 0.349. The first-order valence-electron chi connectivity index (χ1n) is 11.8. The maximum atomic E-state index is 12.9. The van der Waals surface area contributed by atoms with E-state index in [-0.39, 0.29) is 18.1 Å². The number of pyridine rings is 1. The number of amides is 1. The second-order valence-corrected chi connectivity index (χ2v) is 8.54. The van der Waals surface area contributed by atoms with Crippen LogP contribution in [0.4, 0.5) is 5.69 Å². The fraction of sp³-hybridized carbons (Fsp3) is 0.357. The van der Waals surface area contributed by atoms with Crippen molar-refractivity contribution in [3.8, 4) is 17.2 Å². The van der Waals surface area contributed by atoms with Gasteiger partial charge in [-0.05, 0) is 82.6 Å². The van der Waals surface area contributed by atoms with E-state index in [0.717, 1.165) is 24.5 Å². The second-order valence-electron chi connectivity index (χ2n) is 8.54. The summed E-state index contributed by atoms with van der Waals surface area (Å²) in [7, 11) is 0. The molecule has 1 atom stereocenters. The van der Waals surface area contributed by atoms with Crippen LogP contribution < -0.4 is 14.8 Å². The van der Waals surface area contributed by atoms with Crippen molar-refractivity contribution in [3.63, 3.8) is 0 Å². The van der Waals surface area contributed by atoms with Crippen LogP contribution >= 0.6 is 0 Å². The first kappa shape index (κ1) is 25.2. The predicted molar refractivity (Wildman–Crippen MR) is 135 cm³/mol. The number of carbonyl (C=O) groups is 1. The number of nitrogens with one attached hydrogen (secondary N) is 1. The van der Waals surface area contributed by atoms with Crippen LogP contribution in [0.25, 0.3) is 0 Å². The van der Waals surface area contributed by atoms with E-state index in [4.69, 9.17) is 14.2 Å². The monoisotopic (exact) mass is 462 g/mol. The van der Waals surface area contributed by atoms with Crippen molar-refractivity contribution in [2.24, 2.45) is 0 Å². The molecule has 0 saturated heterocycles. The largest absolute Gasteiger partial charge is 0.491 e. The molecule has 1 unspecified atom stereocenters. The predicted octanol–water partition coefficient (Wildman–Crippen LogP) is 6.58. The van der Waals surface area contributed by atoms with Crippen LogP contribution in [0.1, 0.15) is 55.9 Å². The molecule has 2 aromatic carbocycles. The molecule has 6 nitrogen and oxygen atoms in total. The number of anilines is 1. The summed E-state index contributed by atoms with van der Waals surface area (Å²) in [6.07, 6.45) is 1.91. The van der Waals surface area contributed by atoms with Gasteiger partial charge in [0.15, 0.2) is 0 Å². The van der Waals surface area contributed by atoms with E-state index in [1.807, 2.05) is 82.3 Å². The summed E-state index contributed by atoms with van der Waals surface area (Å²) in [6.45, 7) is 10.7. The van der Waals surface area contributed by atoms with Gasteiger partial charge in [0, 0.05) is 30.5 Å². The van der Waals surface area contributed by atoms with Crippen LogP contribution in [-0.4, -0.2) is 29.7 Å².